The van der Waals surface area contributed by atoms with Crippen LogP contribution in [0.25, 0.3) is 11.3 Å². The highest BCUT2D eigenvalue weighted by Gasteiger charge is 2.44. The quantitative estimate of drug-likeness (QED) is 0.808. The predicted molar refractivity (Wildman–Crippen MR) is 86.6 cm³/mol. The molecule has 0 unspecified atom stereocenters. The van der Waals surface area contributed by atoms with Crippen LogP contribution in [0.1, 0.15) is 21.9 Å². The molecular formula is C16H20F3N5O2. The van der Waals surface area contributed by atoms with E-state index in [0.29, 0.717) is 5.69 Å². The number of hydrogen-bond donors (Lipinski definition) is 0. The van der Waals surface area contributed by atoms with Crippen LogP contribution in [0.4, 0.5) is 13.2 Å². The van der Waals surface area contributed by atoms with Gasteiger partial charge < -0.3 is 9.64 Å². The molecule has 1 saturated heterocycles. The monoisotopic (exact) mass is 371 g/mol. The maximum Gasteiger partial charge on any atom is 0.416 e. The normalized spacial score (nSPS) is 18.4. The summed E-state index contributed by atoms with van der Waals surface area (Å²) in [6.45, 7) is 3.17. The molecule has 2 aromatic heterocycles. The number of aromatic nitrogens is 4. The lowest BCUT2D eigenvalue weighted by Crippen LogP contribution is -2.51. The minimum absolute atomic E-state index is 0.108. The number of aryl methyl sites for hydroxylation is 3. The van der Waals surface area contributed by atoms with E-state index in [0.717, 1.165) is 21.9 Å². The van der Waals surface area contributed by atoms with Gasteiger partial charge in [0.2, 0.25) is 0 Å². The number of halogens is 3. The number of hydrogen-bond acceptors (Lipinski definition) is 4. The molecule has 0 bridgehead atoms. The molecule has 1 aliphatic rings. The Bertz CT molecular complexity index is 840. The molecule has 0 spiro atoms. The highest BCUT2D eigenvalue weighted by Crippen LogP contribution is 2.28. The summed E-state index contributed by atoms with van der Waals surface area (Å²) >= 11 is 0. The van der Waals surface area contributed by atoms with Crippen molar-refractivity contribution in [1.29, 1.82) is 0 Å². The fraction of sp³-hybridized carbons (Fsp3) is 0.562. The fourth-order valence-electron chi connectivity index (χ4n) is 3.13. The van der Waals surface area contributed by atoms with Crippen LogP contribution in [-0.2, 0) is 18.8 Å². The largest absolute Gasteiger partial charge is 0.416 e. The van der Waals surface area contributed by atoms with Crippen molar-refractivity contribution in [3.05, 3.63) is 23.1 Å². The molecule has 0 saturated carbocycles. The second kappa shape index (κ2) is 6.42. The van der Waals surface area contributed by atoms with E-state index in [1.54, 1.807) is 17.8 Å². The minimum atomic E-state index is -4.50. The number of rotatable bonds is 2. The zero-order valence-electron chi connectivity index (χ0n) is 15.0. The van der Waals surface area contributed by atoms with Gasteiger partial charge in [-0.25, -0.2) is 0 Å². The summed E-state index contributed by atoms with van der Waals surface area (Å²) in [7, 11) is 3.41. The summed E-state index contributed by atoms with van der Waals surface area (Å²) in [6.07, 6.45) is -6.46. The SMILES string of the molecule is Cc1nn(C)c(C)c1-c1cc(C(=O)N2CCO[C@@H](C(F)(F)F)C2)n(C)n1. The molecular weight excluding hydrogens is 351 g/mol. The Labute approximate surface area is 148 Å². The summed E-state index contributed by atoms with van der Waals surface area (Å²) in [5.74, 6) is -0.497. The zero-order chi connectivity index (χ0) is 19.2. The number of carbonyl (C=O) groups excluding carboxylic acids is 1. The summed E-state index contributed by atoms with van der Waals surface area (Å²) in [5.41, 5.74) is 3.27. The van der Waals surface area contributed by atoms with Gasteiger partial charge in [-0.1, -0.05) is 0 Å². The van der Waals surface area contributed by atoms with E-state index >= 15 is 0 Å². The molecule has 3 heterocycles. The molecule has 0 aliphatic carbocycles. The molecule has 10 heteroatoms. The van der Waals surface area contributed by atoms with E-state index in [-0.39, 0.29) is 18.8 Å². The first-order valence-electron chi connectivity index (χ1n) is 8.11. The van der Waals surface area contributed by atoms with Gasteiger partial charge in [0.1, 0.15) is 5.69 Å². The van der Waals surface area contributed by atoms with Crippen LogP contribution in [0.2, 0.25) is 0 Å². The second-order valence-electron chi connectivity index (χ2n) is 6.36. The van der Waals surface area contributed by atoms with Crippen molar-refractivity contribution in [3.8, 4) is 11.3 Å². The van der Waals surface area contributed by atoms with E-state index in [1.165, 1.54) is 4.68 Å². The smallest absolute Gasteiger partial charge is 0.365 e. The molecule has 3 rings (SSSR count). The van der Waals surface area contributed by atoms with E-state index in [2.05, 4.69) is 10.2 Å². The van der Waals surface area contributed by atoms with Gasteiger partial charge in [-0.15, -0.1) is 0 Å². The van der Waals surface area contributed by atoms with Gasteiger partial charge in [0.05, 0.1) is 24.5 Å². The van der Waals surface area contributed by atoms with Crippen molar-refractivity contribution < 1.29 is 22.7 Å². The van der Waals surface area contributed by atoms with E-state index in [4.69, 9.17) is 4.74 Å². The summed E-state index contributed by atoms with van der Waals surface area (Å²) in [5, 5.41) is 8.69. The molecule has 1 aliphatic heterocycles. The molecule has 1 atom stereocenters. The lowest BCUT2D eigenvalue weighted by atomic mass is 10.1. The van der Waals surface area contributed by atoms with Crippen LogP contribution in [0.15, 0.2) is 6.07 Å². The maximum absolute atomic E-state index is 12.9. The average Bonchev–Trinajstić information content (AvgIpc) is 3.05. The topological polar surface area (TPSA) is 65.2 Å². The molecule has 7 nitrogen and oxygen atoms in total. The highest BCUT2D eigenvalue weighted by atomic mass is 19.4. The van der Waals surface area contributed by atoms with Gasteiger partial charge in [0, 0.05) is 31.9 Å². The van der Waals surface area contributed by atoms with Crippen LogP contribution in [0.5, 0.6) is 0 Å². The molecule has 0 N–H and O–H groups in total. The Morgan fingerprint density at radius 2 is 1.92 bits per heavy atom. The summed E-state index contributed by atoms with van der Waals surface area (Å²) in [4.78, 5) is 13.9. The van der Waals surface area contributed by atoms with Crippen LogP contribution < -0.4 is 0 Å². The predicted octanol–water partition coefficient (Wildman–Crippen LogP) is 1.84. The van der Waals surface area contributed by atoms with Crippen molar-refractivity contribution in [3.63, 3.8) is 0 Å². The Morgan fingerprint density at radius 3 is 2.50 bits per heavy atom. The number of nitrogens with zero attached hydrogens (tertiary/aromatic N) is 5. The summed E-state index contributed by atoms with van der Waals surface area (Å²) < 4.78 is 46.5. The lowest BCUT2D eigenvalue weighted by Gasteiger charge is -2.33. The molecule has 1 amide bonds. The number of morpholine rings is 1. The van der Waals surface area contributed by atoms with Gasteiger partial charge in [-0.3, -0.25) is 14.2 Å². The third-order valence-corrected chi connectivity index (χ3v) is 4.58. The van der Waals surface area contributed by atoms with Crippen molar-refractivity contribution in [1.82, 2.24) is 24.5 Å². The van der Waals surface area contributed by atoms with Crippen LogP contribution in [0, 0.1) is 13.8 Å². The molecule has 0 radical (unpaired) electrons. The number of carbonyl (C=O) groups is 1. The minimum Gasteiger partial charge on any atom is -0.365 e. The van der Waals surface area contributed by atoms with Gasteiger partial charge in [0.25, 0.3) is 5.91 Å². The van der Waals surface area contributed by atoms with Crippen molar-refractivity contribution >= 4 is 5.91 Å². The molecule has 2 aromatic rings. The lowest BCUT2D eigenvalue weighted by molar-refractivity contribution is -0.233. The zero-order valence-corrected chi connectivity index (χ0v) is 15.0. The van der Waals surface area contributed by atoms with Crippen molar-refractivity contribution in [2.75, 3.05) is 19.7 Å². The van der Waals surface area contributed by atoms with Gasteiger partial charge in [0.15, 0.2) is 6.10 Å². The van der Waals surface area contributed by atoms with Gasteiger partial charge in [-0.2, -0.15) is 23.4 Å². The van der Waals surface area contributed by atoms with E-state index in [9.17, 15) is 18.0 Å². The number of ether oxygens (including phenoxy) is 1. The highest BCUT2D eigenvalue weighted by molar-refractivity contribution is 5.94. The first-order chi connectivity index (χ1) is 12.1. The van der Waals surface area contributed by atoms with Gasteiger partial charge in [-0.05, 0) is 19.9 Å². The van der Waals surface area contributed by atoms with E-state index in [1.807, 2.05) is 20.9 Å². The second-order valence-corrected chi connectivity index (χ2v) is 6.36. The third kappa shape index (κ3) is 3.20. The summed E-state index contributed by atoms with van der Waals surface area (Å²) in [6, 6.07) is 1.59. The van der Waals surface area contributed by atoms with Gasteiger partial charge >= 0.3 is 6.18 Å². The third-order valence-electron chi connectivity index (χ3n) is 4.58. The Balaban J connectivity index is 1.88. The average molecular weight is 371 g/mol. The molecule has 26 heavy (non-hydrogen) atoms. The number of alkyl halides is 3. The molecule has 142 valence electrons. The van der Waals surface area contributed by atoms with E-state index < -0.39 is 24.7 Å². The Morgan fingerprint density at radius 1 is 1.23 bits per heavy atom. The molecule has 1 fully saturated rings. The van der Waals surface area contributed by atoms with Crippen LogP contribution in [0.3, 0.4) is 0 Å². The van der Waals surface area contributed by atoms with Crippen molar-refractivity contribution in [2.24, 2.45) is 14.1 Å². The standard InChI is InChI=1S/C16H20F3N5O2/c1-9-14(10(2)22(3)20-9)11-7-12(23(4)21-11)15(25)24-5-6-26-13(8-24)16(17,18)19/h7,13H,5-6,8H2,1-4H3/t13-/m1/s1. The first kappa shape index (κ1) is 18.4. The first-order valence-corrected chi connectivity index (χ1v) is 8.11. The maximum atomic E-state index is 12.9. The number of amides is 1. The Kier molecular flexibility index (Phi) is 4.55. The van der Waals surface area contributed by atoms with Crippen LogP contribution in [-0.4, -0.2) is 62.3 Å². The Hall–Kier alpha value is -2.36. The van der Waals surface area contributed by atoms with Crippen molar-refractivity contribution in [2.45, 2.75) is 26.1 Å². The molecule has 0 aromatic carbocycles. The fourth-order valence-corrected chi connectivity index (χ4v) is 3.13. The van der Waals surface area contributed by atoms with Crippen LogP contribution >= 0.6 is 0 Å².